The second-order valence-electron chi connectivity index (χ2n) is 5.92. The number of halogens is 1. The lowest BCUT2D eigenvalue weighted by Gasteiger charge is -2.07. The minimum Gasteiger partial charge on any atom is -0.466 e. The van der Waals surface area contributed by atoms with E-state index in [1.165, 1.54) is 36.4 Å². The second kappa shape index (κ2) is 9.20. The van der Waals surface area contributed by atoms with E-state index >= 15 is 0 Å². The number of thiazole rings is 1. The molecule has 3 rings (SSSR count). The van der Waals surface area contributed by atoms with Gasteiger partial charge in [0.05, 0.1) is 25.3 Å². The SMILES string of the molecule is CCOC(=O)Cc1csc(NC(=O)c2ccc(=O)n(Cc3ccc(F)cc3)n2)n1. The number of carbonyl (C=O) groups excluding carboxylic acids is 2. The monoisotopic (exact) mass is 416 g/mol. The molecule has 0 atom stereocenters. The first kappa shape index (κ1) is 20.3. The fourth-order valence-corrected chi connectivity index (χ4v) is 3.12. The largest absolute Gasteiger partial charge is 0.466 e. The molecule has 1 N–H and O–H groups in total. The molecule has 0 saturated heterocycles. The van der Waals surface area contributed by atoms with Gasteiger partial charge in [0.15, 0.2) is 5.13 Å². The van der Waals surface area contributed by atoms with Gasteiger partial charge in [-0.25, -0.2) is 14.1 Å². The van der Waals surface area contributed by atoms with Crippen molar-refractivity contribution in [1.29, 1.82) is 0 Å². The first-order valence-electron chi connectivity index (χ1n) is 8.68. The zero-order valence-electron chi connectivity index (χ0n) is 15.4. The summed E-state index contributed by atoms with van der Waals surface area (Å²) in [6.45, 7) is 2.10. The standard InChI is InChI=1S/C19H17FN4O4S/c1-2-28-17(26)9-14-11-29-19(21-14)22-18(27)15-7-8-16(25)24(23-15)10-12-3-5-13(20)6-4-12/h3-8,11H,2,9-10H2,1H3,(H,21,22,27). The Balaban J connectivity index is 1.69. The number of nitrogens with zero attached hydrogens (tertiary/aromatic N) is 3. The van der Waals surface area contributed by atoms with Crippen LogP contribution < -0.4 is 10.9 Å². The zero-order valence-corrected chi connectivity index (χ0v) is 16.2. The van der Waals surface area contributed by atoms with Gasteiger partial charge in [0, 0.05) is 11.4 Å². The Kier molecular flexibility index (Phi) is 6.45. The maximum atomic E-state index is 13.0. The Labute approximate surface area is 169 Å². The van der Waals surface area contributed by atoms with Crippen molar-refractivity contribution in [1.82, 2.24) is 14.8 Å². The van der Waals surface area contributed by atoms with E-state index in [2.05, 4.69) is 15.4 Å². The summed E-state index contributed by atoms with van der Waals surface area (Å²) in [5.74, 6) is -1.33. The normalized spacial score (nSPS) is 10.6. The van der Waals surface area contributed by atoms with E-state index < -0.39 is 17.4 Å². The number of aromatic nitrogens is 3. The summed E-state index contributed by atoms with van der Waals surface area (Å²) in [5.41, 5.74) is 0.783. The van der Waals surface area contributed by atoms with Gasteiger partial charge in [-0.15, -0.1) is 11.3 Å². The summed E-state index contributed by atoms with van der Waals surface area (Å²) < 4.78 is 19.0. The van der Waals surface area contributed by atoms with Crippen LogP contribution in [0, 0.1) is 5.82 Å². The van der Waals surface area contributed by atoms with Crippen molar-refractivity contribution < 1.29 is 18.7 Å². The molecule has 10 heteroatoms. The minimum absolute atomic E-state index is 0.0149. The van der Waals surface area contributed by atoms with Gasteiger partial charge in [-0.1, -0.05) is 12.1 Å². The topological polar surface area (TPSA) is 103 Å². The molecule has 2 heterocycles. The molecule has 0 aliphatic carbocycles. The molecule has 0 unspecified atom stereocenters. The minimum atomic E-state index is -0.546. The first-order valence-corrected chi connectivity index (χ1v) is 9.56. The fraction of sp³-hybridized carbons (Fsp3) is 0.211. The molecule has 150 valence electrons. The Bertz CT molecular complexity index is 1080. The van der Waals surface area contributed by atoms with Gasteiger partial charge in [-0.2, -0.15) is 5.10 Å². The summed E-state index contributed by atoms with van der Waals surface area (Å²) in [6.07, 6.45) is 0.0149. The highest BCUT2D eigenvalue weighted by atomic mass is 32.1. The van der Waals surface area contributed by atoms with E-state index in [4.69, 9.17) is 4.74 Å². The van der Waals surface area contributed by atoms with Crippen molar-refractivity contribution in [3.8, 4) is 0 Å². The fourth-order valence-electron chi connectivity index (χ4n) is 2.41. The lowest BCUT2D eigenvalue weighted by Crippen LogP contribution is -2.26. The number of carbonyl (C=O) groups is 2. The summed E-state index contributed by atoms with van der Waals surface area (Å²) in [6, 6.07) is 8.19. The molecule has 0 fully saturated rings. The van der Waals surface area contributed by atoms with Crippen molar-refractivity contribution in [2.45, 2.75) is 19.9 Å². The molecular weight excluding hydrogens is 399 g/mol. The Morgan fingerprint density at radius 2 is 1.97 bits per heavy atom. The van der Waals surface area contributed by atoms with Crippen molar-refractivity contribution in [3.63, 3.8) is 0 Å². The highest BCUT2D eigenvalue weighted by molar-refractivity contribution is 7.14. The first-order chi connectivity index (χ1) is 13.9. The predicted molar refractivity (Wildman–Crippen MR) is 104 cm³/mol. The number of ether oxygens (including phenoxy) is 1. The van der Waals surface area contributed by atoms with Gasteiger partial charge in [0.25, 0.3) is 11.5 Å². The van der Waals surface area contributed by atoms with Crippen LogP contribution in [0.1, 0.15) is 28.7 Å². The number of nitrogens with one attached hydrogen (secondary N) is 1. The Morgan fingerprint density at radius 1 is 1.21 bits per heavy atom. The third kappa shape index (κ3) is 5.55. The molecular formula is C19H17FN4O4S. The lowest BCUT2D eigenvalue weighted by atomic mass is 10.2. The summed E-state index contributed by atoms with van der Waals surface area (Å²) in [7, 11) is 0. The average molecular weight is 416 g/mol. The van der Waals surface area contributed by atoms with Gasteiger partial charge in [-0.05, 0) is 30.7 Å². The molecule has 0 aliphatic heterocycles. The smallest absolute Gasteiger partial charge is 0.311 e. The van der Waals surface area contributed by atoms with Gasteiger partial charge in [0.1, 0.15) is 11.5 Å². The maximum absolute atomic E-state index is 13.0. The number of benzene rings is 1. The molecule has 0 aliphatic rings. The molecule has 0 radical (unpaired) electrons. The van der Waals surface area contributed by atoms with Crippen LogP contribution in [0.2, 0.25) is 0 Å². The number of esters is 1. The van der Waals surface area contributed by atoms with Crippen molar-refractivity contribution in [3.05, 3.63) is 74.9 Å². The van der Waals surface area contributed by atoms with Crippen LogP contribution in [0.15, 0.2) is 46.6 Å². The molecule has 3 aromatic rings. The Hall–Kier alpha value is -3.40. The quantitative estimate of drug-likeness (QED) is 0.593. The number of amides is 1. The average Bonchev–Trinajstić information content (AvgIpc) is 3.12. The zero-order chi connectivity index (χ0) is 20.8. The number of anilines is 1. The molecule has 0 spiro atoms. The molecule has 8 nitrogen and oxygen atoms in total. The highest BCUT2D eigenvalue weighted by Gasteiger charge is 2.14. The van der Waals surface area contributed by atoms with Gasteiger partial charge < -0.3 is 4.74 Å². The molecule has 0 bridgehead atoms. The second-order valence-corrected chi connectivity index (χ2v) is 6.78. The van der Waals surface area contributed by atoms with Crippen LogP contribution in [0.3, 0.4) is 0 Å². The van der Waals surface area contributed by atoms with Crippen LogP contribution in [0.4, 0.5) is 9.52 Å². The van der Waals surface area contributed by atoms with Gasteiger partial charge in [0.2, 0.25) is 0 Å². The predicted octanol–water partition coefficient (Wildman–Crippen LogP) is 2.25. The van der Waals surface area contributed by atoms with E-state index in [9.17, 15) is 18.8 Å². The van der Waals surface area contributed by atoms with Gasteiger partial charge >= 0.3 is 5.97 Å². The van der Waals surface area contributed by atoms with Crippen LogP contribution >= 0.6 is 11.3 Å². The van der Waals surface area contributed by atoms with E-state index in [0.717, 1.165) is 16.0 Å². The van der Waals surface area contributed by atoms with Crippen LogP contribution in [0.25, 0.3) is 0 Å². The molecule has 2 aromatic heterocycles. The summed E-state index contributed by atoms with van der Waals surface area (Å²) in [5, 5.41) is 8.60. The Morgan fingerprint density at radius 3 is 2.69 bits per heavy atom. The van der Waals surface area contributed by atoms with E-state index in [0.29, 0.717) is 16.4 Å². The number of hydrogen-bond acceptors (Lipinski definition) is 7. The molecule has 1 aromatic carbocycles. The van der Waals surface area contributed by atoms with E-state index in [1.54, 1.807) is 12.3 Å². The third-order valence-corrected chi connectivity index (χ3v) is 4.55. The van der Waals surface area contributed by atoms with Crippen molar-refractivity contribution in [2.75, 3.05) is 11.9 Å². The summed E-state index contributed by atoms with van der Waals surface area (Å²) in [4.78, 5) is 40.1. The van der Waals surface area contributed by atoms with Crippen LogP contribution in [-0.4, -0.2) is 33.2 Å². The lowest BCUT2D eigenvalue weighted by molar-refractivity contribution is -0.142. The van der Waals surface area contributed by atoms with Crippen molar-refractivity contribution >= 4 is 28.3 Å². The van der Waals surface area contributed by atoms with Crippen LogP contribution in [0.5, 0.6) is 0 Å². The van der Waals surface area contributed by atoms with Crippen LogP contribution in [-0.2, 0) is 22.5 Å². The highest BCUT2D eigenvalue weighted by Crippen LogP contribution is 2.17. The van der Waals surface area contributed by atoms with Crippen molar-refractivity contribution in [2.24, 2.45) is 0 Å². The van der Waals surface area contributed by atoms with E-state index in [-0.39, 0.29) is 31.1 Å². The molecule has 1 amide bonds. The third-order valence-electron chi connectivity index (χ3n) is 3.75. The van der Waals surface area contributed by atoms with Gasteiger partial charge in [-0.3, -0.25) is 19.7 Å². The number of rotatable bonds is 7. The summed E-state index contributed by atoms with van der Waals surface area (Å²) >= 11 is 1.16. The molecule has 0 saturated carbocycles. The molecule has 29 heavy (non-hydrogen) atoms. The number of hydrogen-bond donors (Lipinski definition) is 1. The van der Waals surface area contributed by atoms with E-state index in [1.807, 2.05) is 0 Å². The maximum Gasteiger partial charge on any atom is 0.311 e.